The summed E-state index contributed by atoms with van der Waals surface area (Å²) in [5.74, 6) is 0. The van der Waals surface area contributed by atoms with Crippen molar-refractivity contribution in [1.29, 1.82) is 0 Å². The van der Waals surface area contributed by atoms with E-state index in [4.69, 9.17) is 18.0 Å². The van der Waals surface area contributed by atoms with Gasteiger partial charge in [-0.2, -0.15) is 5.10 Å². The van der Waals surface area contributed by atoms with Gasteiger partial charge in [0.25, 0.3) is 0 Å². The van der Waals surface area contributed by atoms with Crippen molar-refractivity contribution >= 4 is 33.1 Å². The monoisotopic (exact) mass is 360 g/mol. The molecule has 0 aliphatic carbocycles. The second-order valence-electron chi connectivity index (χ2n) is 5.16. The average molecular weight is 361 g/mol. The summed E-state index contributed by atoms with van der Waals surface area (Å²) in [6.07, 6.45) is 1.70. The van der Waals surface area contributed by atoms with E-state index in [9.17, 15) is 0 Å². The summed E-state index contributed by atoms with van der Waals surface area (Å²) in [4.78, 5) is 2.96. The molecule has 0 saturated heterocycles. The molecule has 114 valence electrons. The zero-order valence-electron chi connectivity index (χ0n) is 12.8. The number of halogens is 1. The van der Waals surface area contributed by atoms with Crippen LogP contribution in [-0.4, -0.2) is 32.3 Å². The minimum atomic E-state index is 0.446. The normalized spacial score (nSPS) is 11.6. The number of rotatable bonds is 8. The van der Waals surface area contributed by atoms with Crippen molar-refractivity contribution in [3.8, 4) is 0 Å². The van der Waals surface area contributed by atoms with Gasteiger partial charge in [0, 0.05) is 32.1 Å². The zero-order chi connectivity index (χ0) is 15.3. The second-order valence-corrected chi connectivity index (χ2v) is 6.47. The summed E-state index contributed by atoms with van der Waals surface area (Å²) in [5.41, 5.74) is 7.99. The molecule has 1 aromatic heterocycles. The lowest BCUT2D eigenvalue weighted by atomic mass is 10.2. The third kappa shape index (κ3) is 4.53. The Bertz CT molecular complexity index is 456. The molecule has 1 aromatic rings. The van der Waals surface area contributed by atoms with Gasteiger partial charge in [0.05, 0.1) is 20.8 Å². The van der Waals surface area contributed by atoms with Crippen molar-refractivity contribution in [1.82, 2.24) is 14.7 Å². The van der Waals surface area contributed by atoms with Crippen molar-refractivity contribution in [2.24, 2.45) is 5.73 Å². The van der Waals surface area contributed by atoms with E-state index in [0.29, 0.717) is 11.0 Å². The summed E-state index contributed by atoms with van der Waals surface area (Å²) < 4.78 is 3.22. The fourth-order valence-electron chi connectivity index (χ4n) is 2.13. The van der Waals surface area contributed by atoms with Crippen LogP contribution in [0.4, 0.5) is 0 Å². The smallest absolute Gasteiger partial charge is 0.0767 e. The Labute approximate surface area is 135 Å². The molecule has 1 heterocycles. The van der Waals surface area contributed by atoms with E-state index < -0.39 is 0 Å². The van der Waals surface area contributed by atoms with Crippen molar-refractivity contribution in [3.63, 3.8) is 0 Å². The number of aromatic nitrogens is 2. The number of nitrogens with zero attached hydrogens (tertiary/aromatic N) is 3. The Balaban J connectivity index is 2.92. The maximum Gasteiger partial charge on any atom is 0.0767 e. The minimum absolute atomic E-state index is 0.446. The van der Waals surface area contributed by atoms with Crippen LogP contribution in [-0.2, 0) is 19.5 Å². The van der Waals surface area contributed by atoms with E-state index in [0.717, 1.165) is 42.6 Å². The summed E-state index contributed by atoms with van der Waals surface area (Å²) in [6.45, 7) is 11.3. The standard InChI is InChI=1S/C14H25BrN4S/c1-5-11-14(15)12(19(6-2)17-11)9-18(10(3)4)8-7-13(16)20/h10H,5-9H2,1-4H3,(H2,16,20). The van der Waals surface area contributed by atoms with E-state index in [1.807, 2.05) is 0 Å². The second kappa shape index (κ2) is 8.10. The first-order chi connectivity index (χ1) is 9.40. The first kappa shape index (κ1) is 17.6. The van der Waals surface area contributed by atoms with E-state index >= 15 is 0 Å². The molecule has 0 aliphatic rings. The lowest BCUT2D eigenvalue weighted by Gasteiger charge is -2.26. The first-order valence-corrected chi connectivity index (χ1v) is 8.37. The highest BCUT2D eigenvalue weighted by Gasteiger charge is 2.18. The van der Waals surface area contributed by atoms with Crippen LogP contribution in [0.5, 0.6) is 0 Å². The highest BCUT2D eigenvalue weighted by Crippen LogP contribution is 2.24. The van der Waals surface area contributed by atoms with Gasteiger partial charge in [0.2, 0.25) is 0 Å². The lowest BCUT2D eigenvalue weighted by molar-refractivity contribution is 0.212. The van der Waals surface area contributed by atoms with Crippen LogP contribution in [0.3, 0.4) is 0 Å². The van der Waals surface area contributed by atoms with Crippen molar-refractivity contribution in [3.05, 3.63) is 15.9 Å². The molecule has 6 heteroatoms. The van der Waals surface area contributed by atoms with Gasteiger partial charge in [0.15, 0.2) is 0 Å². The Morgan fingerprint density at radius 2 is 2.10 bits per heavy atom. The molecule has 0 spiro atoms. The quantitative estimate of drug-likeness (QED) is 0.723. The average Bonchev–Trinajstić information content (AvgIpc) is 2.70. The van der Waals surface area contributed by atoms with Crippen LogP contribution in [0.1, 0.15) is 45.5 Å². The van der Waals surface area contributed by atoms with Gasteiger partial charge in [-0.1, -0.05) is 19.1 Å². The largest absolute Gasteiger partial charge is 0.393 e. The van der Waals surface area contributed by atoms with Crippen LogP contribution in [0, 0.1) is 0 Å². The van der Waals surface area contributed by atoms with E-state index in [1.54, 1.807) is 0 Å². The SMILES string of the molecule is CCc1nn(CC)c(CN(CCC(N)=S)C(C)C)c1Br. The highest BCUT2D eigenvalue weighted by molar-refractivity contribution is 9.10. The minimum Gasteiger partial charge on any atom is -0.393 e. The van der Waals surface area contributed by atoms with Crippen LogP contribution >= 0.6 is 28.1 Å². The Kier molecular flexibility index (Phi) is 7.12. The summed E-state index contributed by atoms with van der Waals surface area (Å²) >= 11 is 8.69. The molecule has 0 saturated carbocycles. The van der Waals surface area contributed by atoms with E-state index in [1.165, 1.54) is 5.69 Å². The molecular weight excluding hydrogens is 336 g/mol. The maximum atomic E-state index is 5.62. The zero-order valence-corrected chi connectivity index (χ0v) is 15.2. The predicted molar refractivity (Wildman–Crippen MR) is 91.9 cm³/mol. The van der Waals surface area contributed by atoms with Crippen molar-refractivity contribution in [2.45, 2.75) is 59.7 Å². The van der Waals surface area contributed by atoms with Gasteiger partial charge in [-0.25, -0.2) is 0 Å². The van der Waals surface area contributed by atoms with Crippen molar-refractivity contribution in [2.75, 3.05) is 6.54 Å². The van der Waals surface area contributed by atoms with Gasteiger partial charge in [-0.3, -0.25) is 9.58 Å². The van der Waals surface area contributed by atoms with Gasteiger partial charge < -0.3 is 5.73 Å². The number of thiocarbonyl (C=S) groups is 1. The summed E-state index contributed by atoms with van der Waals surface area (Å²) in [7, 11) is 0. The topological polar surface area (TPSA) is 47.1 Å². The summed E-state index contributed by atoms with van der Waals surface area (Å²) in [6, 6.07) is 0.446. The fraction of sp³-hybridized carbons (Fsp3) is 0.714. The first-order valence-electron chi connectivity index (χ1n) is 7.17. The molecule has 0 radical (unpaired) electrons. The number of nitrogens with two attached hydrogens (primary N) is 1. The molecule has 0 bridgehead atoms. The van der Waals surface area contributed by atoms with E-state index in [2.05, 4.69) is 58.3 Å². The van der Waals surface area contributed by atoms with E-state index in [-0.39, 0.29) is 0 Å². The van der Waals surface area contributed by atoms with Crippen LogP contribution in [0.2, 0.25) is 0 Å². The molecule has 2 N–H and O–H groups in total. The molecule has 0 unspecified atom stereocenters. The maximum absolute atomic E-state index is 5.62. The third-order valence-electron chi connectivity index (χ3n) is 3.42. The molecular formula is C14H25BrN4S. The molecule has 4 nitrogen and oxygen atoms in total. The highest BCUT2D eigenvalue weighted by atomic mass is 79.9. The number of aryl methyl sites for hydroxylation is 2. The summed E-state index contributed by atoms with van der Waals surface area (Å²) in [5, 5.41) is 4.65. The molecule has 20 heavy (non-hydrogen) atoms. The molecule has 0 aliphatic heterocycles. The van der Waals surface area contributed by atoms with Gasteiger partial charge in [-0.15, -0.1) is 0 Å². The predicted octanol–water partition coefficient (Wildman–Crippen LogP) is 3.11. The van der Waals surface area contributed by atoms with Crippen LogP contribution in [0.25, 0.3) is 0 Å². The molecule has 0 aromatic carbocycles. The van der Waals surface area contributed by atoms with Gasteiger partial charge in [-0.05, 0) is 43.1 Å². The molecule has 0 fully saturated rings. The Morgan fingerprint density at radius 1 is 1.45 bits per heavy atom. The van der Waals surface area contributed by atoms with Crippen LogP contribution < -0.4 is 5.73 Å². The third-order valence-corrected chi connectivity index (χ3v) is 4.54. The lowest BCUT2D eigenvalue weighted by Crippen LogP contribution is -2.34. The van der Waals surface area contributed by atoms with Gasteiger partial charge >= 0.3 is 0 Å². The molecule has 1 rings (SSSR count). The number of hydrogen-bond acceptors (Lipinski definition) is 3. The Hall–Kier alpha value is -0.460. The molecule has 0 amide bonds. The fourth-order valence-corrected chi connectivity index (χ4v) is 2.92. The molecule has 0 atom stereocenters. The number of hydrogen-bond donors (Lipinski definition) is 1. The van der Waals surface area contributed by atoms with Gasteiger partial charge in [0.1, 0.15) is 0 Å². The van der Waals surface area contributed by atoms with Crippen molar-refractivity contribution < 1.29 is 0 Å². The van der Waals surface area contributed by atoms with Crippen LogP contribution in [0.15, 0.2) is 4.47 Å². The Morgan fingerprint density at radius 3 is 2.55 bits per heavy atom.